The highest BCUT2D eigenvalue weighted by Gasteiger charge is 2.30. The average molecular weight is 185 g/mol. The van der Waals surface area contributed by atoms with E-state index >= 15 is 0 Å². The predicted octanol–water partition coefficient (Wildman–Crippen LogP) is 1.88. The fourth-order valence-electron chi connectivity index (χ4n) is 2.31. The summed E-state index contributed by atoms with van der Waals surface area (Å²) < 4.78 is 0. The van der Waals surface area contributed by atoms with Gasteiger partial charge in [0.05, 0.1) is 6.10 Å². The van der Waals surface area contributed by atoms with E-state index in [2.05, 4.69) is 32.6 Å². The van der Waals surface area contributed by atoms with Crippen LogP contribution in [0.2, 0.25) is 0 Å². The lowest BCUT2D eigenvalue weighted by molar-refractivity contribution is 0.00131. The molecule has 0 aromatic rings. The molecule has 13 heavy (non-hydrogen) atoms. The van der Waals surface area contributed by atoms with Gasteiger partial charge in [-0.2, -0.15) is 0 Å². The second-order valence-electron chi connectivity index (χ2n) is 4.83. The number of rotatable bonds is 2. The van der Waals surface area contributed by atoms with Crippen molar-refractivity contribution in [2.75, 3.05) is 6.54 Å². The molecule has 2 atom stereocenters. The maximum atomic E-state index is 9.59. The van der Waals surface area contributed by atoms with Crippen molar-refractivity contribution in [1.29, 1.82) is 0 Å². The Morgan fingerprint density at radius 3 is 2.23 bits per heavy atom. The van der Waals surface area contributed by atoms with Crippen LogP contribution in [0.15, 0.2) is 0 Å². The highest BCUT2D eigenvalue weighted by atomic mass is 16.3. The van der Waals surface area contributed by atoms with Crippen molar-refractivity contribution >= 4 is 0 Å². The first-order valence-electron chi connectivity index (χ1n) is 5.46. The number of hydrogen-bond donors (Lipinski definition) is 1. The molecule has 1 aliphatic rings. The highest BCUT2D eigenvalue weighted by molar-refractivity contribution is 4.84. The highest BCUT2D eigenvalue weighted by Crippen LogP contribution is 2.24. The lowest BCUT2D eigenvalue weighted by atomic mass is 9.90. The number of nitrogens with zero attached hydrogens (tertiary/aromatic N) is 1. The van der Waals surface area contributed by atoms with Gasteiger partial charge in [-0.25, -0.2) is 0 Å². The van der Waals surface area contributed by atoms with E-state index in [0.717, 1.165) is 19.4 Å². The van der Waals surface area contributed by atoms with Crippen molar-refractivity contribution in [2.24, 2.45) is 5.92 Å². The summed E-state index contributed by atoms with van der Waals surface area (Å²) in [6.45, 7) is 9.84. The summed E-state index contributed by atoms with van der Waals surface area (Å²) in [6.07, 6.45) is 2.03. The molecule has 0 aromatic carbocycles. The molecule has 0 saturated carbocycles. The van der Waals surface area contributed by atoms with Gasteiger partial charge in [-0.05, 0) is 32.6 Å². The van der Waals surface area contributed by atoms with Crippen LogP contribution in [0.5, 0.6) is 0 Å². The molecule has 1 rings (SSSR count). The molecule has 1 heterocycles. The molecular weight excluding hydrogens is 162 g/mol. The van der Waals surface area contributed by atoms with E-state index in [-0.39, 0.29) is 6.10 Å². The van der Waals surface area contributed by atoms with E-state index in [9.17, 15) is 5.11 Å². The zero-order valence-corrected chi connectivity index (χ0v) is 9.33. The summed E-state index contributed by atoms with van der Waals surface area (Å²) in [5, 5.41) is 9.59. The van der Waals surface area contributed by atoms with Gasteiger partial charge in [0.25, 0.3) is 0 Å². The SMILES string of the molecule is CC(C)C1CCC(O)CN1C(C)C. The molecule has 1 saturated heterocycles. The maximum absolute atomic E-state index is 9.59. The number of likely N-dealkylation sites (tertiary alicyclic amines) is 1. The van der Waals surface area contributed by atoms with Gasteiger partial charge < -0.3 is 5.11 Å². The minimum absolute atomic E-state index is 0.0996. The van der Waals surface area contributed by atoms with E-state index in [4.69, 9.17) is 0 Å². The monoisotopic (exact) mass is 185 g/mol. The number of β-amino-alcohol motifs (C(OH)–C–C–N with tert-alkyl or cyclic N) is 1. The third-order valence-corrected chi connectivity index (χ3v) is 3.08. The molecule has 2 heteroatoms. The molecule has 1 aliphatic heterocycles. The van der Waals surface area contributed by atoms with Crippen LogP contribution >= 0.6 is 0 Å². The normalized spacial score (nSPS) is 31.6. The average Bonchev–Trinajstić information content (AvgIpc) is 2.03. The lowest BCUT2D eigenvalue weighted by Gasteiger charge is -2.42. The summed E-state index contributed by atoms with van der Waals surface area (Å²) in [4.78, 5) is 2.44. The quantitative estimate of drug-likeness (QED) is 0.710. The molecule has 0 aromatic heterocycles. The van der Waals surface area contributed by atoms with E-state index in [1.165, 1.54) is 0 Å². The van der Waals surface area contributed by atoms with Crippen LogP contribution in [0.4, 0.5) is 0 Å². The van der Waals surface area contributed by atoms with Crippen LogP contribution in [0.25, 0.3) is 0 Å². The van der Waals surface area contributed by atoms with Gasteiger partial charge in [-0.1, -0.05) is 13.8 Å². The Bertz CT molecular complexity index is 156. The van der Waals surface area contributed by atoms with Crippen LogP contribution in [-0.4, -0.2) is 34.7 Å². The summed E-state index contributed by atoms with van der Waals surface area (Å²) in [7, 11) is 0. The predicted molar refractivity (Wildman–Crippen MR) is 55.7 cm³/mol. The van der Waals surface area contributed by atoms with Crippen LogP contribution in [0, 0.1) is 5.92 Å². The van der Waals surface area contributed by atoms with Crippen molar-refractivity contribution in [2.45, 2.75) is 58.7 Å². The van der Waals surface area contributed by atoms with Crippen molar-refractivity contribution < 1.29 is 5.11 Å². The van der Waals surface area contributed by atoms with E-state index in [1.54, 1.807) is 0 Å². The minimum atomic E-state index is -0.0996. The fourth-order valence-corrected chi connectivity index (χ4v) is 2.31. The lowest BCUT2D eigenvalue weighted by Crippen LogP contribution is -2.50. The largest absolute Gasteiger partial charge is 0.392 e. The first kappa shape index (κ1) is 11.0. The Balaban J connectivity index is 2.60. The van der Waals surface area contributed by atoms with Gasteiger partial charge in [0.2, 0.25) is 0 Å². The second-order valence-corrected chi connectivity index (χ2v) is 4.83. The van der Waals surface area contributed by atoms with Crippen molar-refractivity contribution in [3.63, 3.8) is 0 Å². The third-order valence-electron chi connectivity index (χ3n) is 3.08. The minimum Gasteiger partial charge on any atom is -0.392 e. The Labute approximate surface area is 81.9 Å². The second kappa shape index (κ2) is 4.43. The molecule has 0 radical (unpaired) electrons. The molecular formula is C11H23NO. The Hall–Kier alpha value is -0.0800. The zero-order valence-electron chi connectivity index (χ0n) is 9.33. The molecule has 2 unspecified atom stereocenters. The van der Waals surface area contributed by atoms with E-state index in [1.807, 2.05) is 0 Å². The Morgan fingerprint density at radius 2 is 1.77 bits per heavy atom. The van der Waals surface area contributed by atoms with Crippen LogP contribution < -0.4 is 0 Å². The molecule has 78 valence electrons. The fraction of sp³-hybridized carbons (Fsp3) is 1.00. The number of piperidine rings is 1. The molecule has 0 aliphatic carbocycles. The van der Waals surface area contributed by atoms with Gasteiger partial charge >= 0.3 is 0 Å². The van der Waals surface area contributed by atoms with E-state index in [0.29, 0.717) is 18.0 Å². The van der Waals surface area contributed by atoms with Crippen LogP contribution in [0.3, 0.4) is 0 Å². The molecule has 0 amide bonds. The van der Waals surface area contributed by atoms with Gasteiger partial charge in [-0.3, -0.25) is 4.90 Å². The van der Waals surface area contributed by atoms with Crippen LogP contribution in [-0.2, 0) is 0 Å². The molecule has 2 nitrogen and oxygen atoms in total. The van der Waals surface area contributed by atoms with Gasteiger partial charge in [-0.15, -0.1) is 0 Å². The molecule has 1 fully saturated rings. The number of hydrogen-bond acceptors (Lipinski definition) is 2. The van der Waals surface area contributed by atoms with Crippen molar-refractivity contribution in [1.82, 2.24) is 4.90 Å². The Morgan fingerprint density at radius 1 is 1.15 bits per heavy atom. The van der Waals surface area contributed by atoms with Crippen molar-refractivity contribution in [3.05, 3.63) is 0 Å². The van der Waals surface area contributed by atoms with Crippen LogP contribution in [0.1, 0.15) is 40.5 Å². The number of aliphatic hydroxyl groups excluding tert-OH is 1. The summed E-state index contributed by atoms with van der Waals surface area (Å²) in [6, 6.07) is 1.23. The zero-order chi connectivity index (χ0) is 10.0. The topological polar surface area (TPSA) is 23.5 Å². The first-order valence-corrected chi connectivity index (χ1v) is 5.46. The summed E-state index contributed by atoms with van der Waals surface area (Å²) in [5.41, 5.74) is 0. The first-order chi connectivity index (χ1) is 6.02. The molecule has 0 bridgehead atoms. The maximum Gasteiger partial charge on any atom is 0.0667 e. The molecule has 1 N–H and O–H groups in total. The number of aliphatic hydroxyl groups is 1. The third kappa shape index (κ3) is 2.68. The van der Waals surface area contributed by atoms with Crippen molar-refractivity contribution in [3.8, 4) is 0 Å². The van der Waals surface area contributed by atoms with Gasteiger partial charge in [0.1, 0.15) is 0 Å². The summed E-state index contributed by atoms with van der Waals surface area (Å²) in [5.74, 6) is 0.704. The van der Waals surface area contributed by atoms with E-state index < -0.39 is 0 Å². The van der Waals surface area contributed by atoms with Gasteiger partial charge in [0, 0.05) is 18.6 Å². The smallest absolute Gasteiger partial charge is 0.0667 e. The summed E-state index contributed by atoms with van der Waals surface area (Å²) >= 11 is 0. The molecule has 0 spiro atoms. The Kier molecular flexibility index (Phi) is 3.74. The standard InChI is InChI=1S/C11H23NO/c1-8(2)11-6-5-10(13)7-12(11)9(3)4/h8-11,13H,5-7H2,1-4H3. The van der Waals surface area contributed by atoms with Gasteiger partial charge in [0.15, 0.2) is 0 Å².